The molecule has 0 fully saturated rings. The third-order valence-corrected chi connectivity index (χ3v) is 12.0. The van der Waals surface area contributed by atoms with Crippen LogP contribution in [0.25, 0.3) is 89.9 Å². The van der Waals surface area contributed by atoms with Gasteiger partial charge in [-0.1, -0.05) is 121 Å². The maximum absolute atomic E-state index is 5.29. The lowest BCUT2D eigenvalue weighted by atomic mass is 9.97. The molecule has 298 valence electrons. The number of hydrogen-bond donors (Lipinski definition) is 0. The molecule has 2 aromatic heterocycles. The molecular formula is C55H48N6. The van der Waals surface area contributed by atoms with Gasteiger partial charge in [0.1, 0.15) is 0 Å². The Balaban J connectivity index is 1.33. The molecule has 61 heavy (non-hydrogen) atoms. The highest BCUT2D eigenvalue weighted by atomic mass is 15.0. The minimum Gasteiger partial charge on any atom is -0.208 e. The number of aryl methyl sites for hydroxylation is 9. The van der Waals surface area contributed by atoms with Gasteiger partial charge in [0.15, 0.2) is 34.9 Å². The Morgan fingerprint density at radius 2 is 0.574 bits per heavy atom. The molecule has 0 aliphatic carbocycles. The number of hydrogen-bond acceptors (Lipinski definition) is 6. The smallest absolute Gasteiger partial charge is 0.164 e. The highest BCUT2D eigenvalue weighted by molar-refractivity contribution is 6.08. The third-order valence-electron chi connectivity index (χ3n) is 12.0. The van der Waals surface area contributed by atoms with Gasteiger partial charge in [-0.15, -0.1) is 0 Å². The number of benzene rings is 6. The molecule has 0 radical (unpaired) electrons. The maximum Gasteiger partial charge on any atom is 0.164 e. The van der Waals surface area contributed by atoms with Gasteiger partial charge in [-0.3, -0.25) is 0 Å². The van der Waals surface area contributed by atoms with Crippen LogP contribution in [0.3, 0.4) is 0 Å². The average molecular weight is 793 g/mol. The Morgan fingerprint density at radius 1 is 0.262 bits per heavy atom. The molecule has 0 aliphatic rings. The van der Waals surface area contributed by atoms with E-state index < -0.39 is 0 Å². The molecule has 9 aromatic rings. The molecule has 6 nitrogen and oxygen atoms in total. The lowest BCUT2D eigenvalue weighted by Crippen LogP contribution is -2.04. The molecule has 0 atom stereocenters. The van der Waals surface area contributed by atoms with Gasteiger partial charge in [-0.05, 0) is 140 Å². The first kappa shape index (κ1) is 39.3. The summed E-state index contributed by atoms with van der Waals surface area (Å²) in [5, 5.41) is 4.21. The summed E-state index contributed by atoms with van der Waals surface area (Å²) in [5.74, 6) is 3.90. The Hall–Kier alpha value is -7.18. The van der Waals surface area contributed by atoms with Crippen LogP contribution < -0.4 is 0 Å². The summed E-state index contributed by atoms with van der Waals surface area (Å²) in [7, 11) is 0. The Kier molecular flexibility index (Phi) is 10.2. The minimum absolute atomic E-state index is 0.616. The van der Waals surface area contributed by atoms with Gasteiger partial charge < -0.3 is 0 Å². The van der Waals surface area contributed by atoms with E-state index in [1.54, 1.807) is 0 Å². The SMILES string of the molecule is Cc1ccc(-c2nc(-c3c(C)cccc3C)nc(-c3c(C)cccc3C)n2)c2ccc3ccc(-c4nc(-c5c(C)cccc5C)nc(-c5c(C)cccc5C)n4)c(cc1)c3c2. The quantitative estimate of drug-likeness (QED) is 0.167. The van der Waals surface area contributed by atoms with E-state index in [9.17, 15) is 0 Å². The number of rotatable bonds is 6. The normalized spacial score (nSPS) is 11.4. The van der Waals surface area contributed by atoms with Gasteiger partial charge in [0, 0.05) is 33.4 Å². The van der Waals surface area contributed by atoms with Crippen molar-refractivity contribution in [2.75, 3.05) is 0 Å². The molecule has 0 amide bonds. The molecule has 0 aliphatic heterocycles. The maximum atomic E-state index is 5.29. The van der Waals surface area contributed by atoms with Gasteiger partial charge in [-0.2, -0.15) is 0 Å². The second kappa shape index (κ2) is 15.8. The summed E-state index contributed by atoms with van der Waals surface area (Å²) in [6.45, 7) is 19.1. The zero-order valence-corrected chi connectivity index (χ0v) is 36.3. The summed E-state index contributed by atoms with van der Waals surface area (Å²) in [4.78, 5) is 31.5. The average Bonchev–Trinajstić information content (AvgIpc) is 3.22. The van der Waals surface area contributed by atoms with Crippen LogP contribution in [-0.2, 0) is 0 Å². The first-order valence-electron chi connectivity index (χ1n) is 20.9. The van der Waals surface area contributed by atoms with Crippen LogP contribution >= 0.6 is 0 Å². The van der Waals surface area contributed by atoms with E-state index >= 15 is 0 Å². The molecule has 0 N–H and O–H groups in total. The van der Waals surface area contributed by atoms with E-state index in [0.717, 1.165) is 105 Å². The van der Waals surface area contributed by atoms with Gasteiger partial charge in [-0.25, -0.2) is 29.9 Å². The topological polar surface area (TPSA) is 77.3 Å². The van der Waals surface area contributed by atoms with E-state index in [4.69, 9.17) is 29.9 Å². The predicted octanol–water partition coefficient (Wildman–Crippen LogP) is 13.7. The molecule has 2 heterocycles. The molecule has 7 aromatic carbocycles. The van der Waals surface area contributed by atoms with Crippen molar-refractivity contribution in [1.82, 2.24) is 29.9 Å². The van der Waals surface area contributed by atoms with Crippen molar-refractivity contribution in [3.05, 3.63) is 177 Å². The number of aromatic nitrogens is 6. The Bertz CT molecular complexity index is 3030. The van der Waals surface area contributed by atoms with E-state index in [2.05, 4.69) is 190 Å². The van der Waals surface area contributed by atoms with Crippen molar-refractivity contribution in [1.29, 1.82) is 0 Å². The van der Waals surface area contributed by atoms with Crippen LogP contribution in [-0.4, -0.2) is 29.9 Å². The van der Waals surface area contributed by atoms with Gasteiger partial charge in [0.2, 0.25) is 0 Å². The van der Waals surface area contributed by atoms with Gasteiger partial charge >= 0.3 is 0 Å². The summed E-state index contributed by atoms with van der Waals surface area (Å²) >= 11 is 0. The van der Waals surface area contributed by atoms with E-state index in [0.29, 0.717) is 34.9 Å². The van der Waals surface area contributed by atoms with E-state index in [-0.39, 0.29) is 0 Å². The molecule has 2 bridgehead atoms. The van der Waals surface area contributed by atoms with Crippen LogP contribution in [0.4, 0.5) is 0 Å². The van der Waals surface area contributed by atoms with Crippen LogP contribution in [0.15, 0.2) is 127 Å². The standard InChI is InChI=1S/C55H48N6/c1-31-22-27-42(50-56-52(46-32(2)14-10-15-33(46)3)60-53(57-50)47-34(4)16-11-17-35(47)5)41-25-24-40-26-29-44(43(28-23-31)45(40)30-41)51-58-54(48-36(6)18-12-19-37(48)7)61-55(59-51)49-38(8)20-13-21-39(49)9/h10-30H,1-9H3. The van der Waals surface area contributed by atoms with Crippen molar-refractivity contribution in [3.8, 4) is 68.3 Å². The minimum atomic E-state index is 0.616. The fraction of sp³-hybridized carbons (Fsp3) is 0.164. The highest BCUT2D eigenvalue weighted by Crippen LogP contribution is 2.37. The molecule has 0 unspecified atom stereocenters. The van der Waals surface area contributed by atoms with Crippen LogP contribution in [0, 0.1) is 62.3 Å². The first-order valence-corrected chi connectivity index (χ1v) is 20.9. The van der Waals surface area contributed by atoms with Crippen LogP contribution in [0.5, 0.6) is 0 Å². The van der Waals surface area contributed by atoms with Gasteiger partial charge in [0.25, 0.3) is 0 Å². The Labute approximate surface area is 358 Å². The molecule has 0 saturated heterocycles. The summed E-state index contributed by atoms with van der Waals surface area (Å²) < 4.78 is 0. The van der Waals surface area contributed by atoms with Crippen molar-refractivity contribution in [3.63, 3.8) is 0 Å². The zero-order chi connectivity index (χ0) is 42.5. The van der Waals surface area contributed by atoms with E-state index in [1.165, 1.54) is 0 Å². The molecule has 0 spiro atoms. The molecule has 9 rings (SSSR count). The first-order chi connectivity index (χ1) is 29.4. The second-order valence-corrected chi connectivity index (χ2v) is 16.5. The summed E-state index contributed by atoms with van der Waals surface area (Å²) in [5.41, 5.74) is 16.0. The summed E-state index contributed by atoms with van der Waals surface area (Å²) in [6, 6.07) is 44.9. The zero-order valence-electron chi connectivity index (χ0n) is 36.3. The Morgan fingerprint density at radius 3 is 0.984 bits per heavy atom. The van der Waals surface area contributed by atoms with Crippen molar-refractivity contribution >= 4 is 21.5 Å². The monoisotopic (exact) mass is 792 g/mol. The third kappa shape index (κ3) is 7.29. The van der Waals surface area contributed by atoms with Gasteiger partial charge in [0.05, 0.1) is 0 Å². The highest BCUT2D eigenvalue weighted by Gasteiger charge is 2.21. The molecule has 6 heteroatoms. The largest absolute Gasteiger partial charge is 0.208 e. The molecular weight excluding hydrogens is 745 g/mol. The van der Waals surface area contributed by atoms with E-state index in [1.807, 2.05) is 0 Å². The predicted molar refractivity (Wildman–Crippen MR) is 252 cm³/mol. The van der Waals surface area contributed by atoms with Crippen molar-refractivity contribution in [2.45, 2.75) is 62.3 Å². The van der Waals surface area contributed by atoms with Crippen LogP contribution in [0.1, 0.15) is 50.1 Å². The van der Waals surface area contributed by atoms with Crippen molar-refractivity contribution < 1.29 is 0 Å². The lowest BCUT2D eigenvalue weighted by Gasteiger charge is -2.15. The fourth-order valence-electron chi connectivity index (χ4n) is 8.78. The lowest BCUT2D eigenvalue weighted by molar-refractivity contribution is 1.06. The molecule has 0 saturated carbocycles. The van der Waals surface area contributed by atoms with Crippen LogP contribution in [0.2, 0.25) is 0 Å². The number of fused-ring (bicyclic) bond motifs is 1. The fourth-order valence-corrected chi connectivity index (χ4v) is 8.78. The number of nitrogens with zero attached hydrogens (tertiary/aromatic N) is 6. The summed E-state index contributed by atoms with van der Waals surface area (Å²) in [6.07, 6.45) is 0. The van der Waals surface area contributed by atoms with Crippen molar-refractivity contribution in [2.24, 2.45) is 0 Å². The second-order valence-electron chi connectivity index (χ2n) is 16.5.